The van der Waals surface area contributed by atoms with E-state index in [1.807, 2.05) is 0 Å². The number of hydrogen-bond donors (Lipinski definition) is 3. The molecule has 0 fully saturated rings. The van der Waals surface area contributed by atoms with Gasteiger partial charge in [0.05, 0.1) is 0 Å². The summed E-state index contributed by atoms with van der Waals surface area (Å²) in [6.07, 6.45) is 1.94. The third-order valence-corrected chi connectivity index (χ3v) is 3.55. The molecule has 0 unspecified atom stereocenters. The van der Waals surface area contributed by atoms with Crippen molar-refractivity contribution in [3.63, 3.8) is 0 Å². The first-order chi connectivity index (χ1) is 14.1. The molecule has 0 aliphatic heterocycles. The highest BCUT2D eigenvalue weighted by atomic mass is 19.1. The quantitative estimate of drug-likeness (QED) is 0.625. The van der Waals surface area contributed by atoms with Crippen molar-refractivity contribution >= 4 is 35.4 Å². The molecule has 0 aromatic heterocycles. The Balaban J connectivity index is 1.81. The summed E-state index contributed by atoms with van der Waals surface area (Å²) in [5.74, 6) is -1.26. The van der Waals surface area contributed by atoms with Gasteiger partial charge in [0, 0.05) is 23.0 Å². The van der Waals surface area contributed by atoms with Crippen LogP contribution in [-0.2, 0) is 14.3 Å². The zero-order valence-corrected chi connectivity index (χ0v) is 17.0. The molecule has 0 radical (unpaired) electrons. The van der Waals surface area contributed by atoms with Gasteiger partial charge in [-0.25, -0.2) is 9.18 Å². The molecule has 30 heavy (non-hydrogen) atoms. The zero-order valence-electron chi connectivity index (χ0n) is 17.0. The number of carbonyl (C=O) groups is 3. The summed E-state index contributed by atoms with van der Waals surface area (Å²) >= 11 is 0. The van der Waals surface area contributed by atoms with Crippen LogP contribution in [0.4, 0.5) is 20.6 Å². The predicted octanol–water partition coefficient (Wildman–Crippen LogP) is 3.94. The zero-order chi connectivity index (χ0) is 22.1. The van der Waals surface area contributed by atoms with Crippen molar-refractivity contribution < 1.29 is 23.5 Å². The van der Waals surface area contributed by atoms with Gasteiger partial charge in [0.1, 0.15) is 18.0 Å². The van der Waals surface area contributed by atoms with Crippen LogP contribution in [0.2, 0.25) is 0 Å². The Hall–Kier alpha value is -3.68. The van der Waals surface area contributed by atoms with E-state index in [-0.39, 0.29) is 6.54 Å². The van der Waals surface area contributed by atoms with Crippen LogP contribution in [0.5, 0.6) is 0 Å². The van der Waals surface area contributed by atoms with E-state index in [0.29, 0.717) is 16.9 Å². The van der Waals surface area contributed by atoms with E-state index >= 15 is 0 Å². The van der Waals surface area contributed by atoms with Crippen molar-refractivity contribution in [3.05, 3.63) is 66.0 Å². The van der Waals surface area contributed by atoms with Crippen LogP contribution in [0.3, 0.4) is 0 Å². The molecule has 0 saturated heterocycles. The van der Waals surface area contributed by atoms with E-state index in [4.69, 9.17) is 4.74 Å². The number of ether oxygens (including phenoxy) is 1. The van der Waals surface area contributed by atoms with E-state index in [0.717, 1.165) is 0 Å². The van der Waals surface area contributed by atoms with Crippen molar-refractivity contribution in [1.29, 1.82) is 0 Å². The van der Waals surface area contributed by atoms with E-state index in [9.17, 15) is 18.8 Å². The first kappa shape index (κ1) is 22.6. The Labute approximate surface area is 174 Å². The average molecular weight is 413 g/mol. The lowest BCUT2D eigenvalue weighted by atomic mass is 10.2. The molecule has 2 aromatic carbocycles. The van der Waals surface area contributed by atoms with Crippen LogP contribution in [0.25, 0.3) is 6.08 Å². The van der Waals surface area contributed by atoms with E-state index in [2.05, 4.69) is 16.0 Å². The van der Waals surface area contributed by atoms with Gasteiger partial charge >= 0.3 is 6.09 Å². The molecule has 0 saturated carbocycles. The molecule has 0 bridgehead atoms. The van der Waals surface area contributed by atoms with Crippen molar-refractivity contribution in [2.45, 2.75) is 26.4 Å². The van der Waals surface area contributed by atoms with Gasteiger partial charge in [-0.05, 0) is 57.2 Å². The normalized spacial score (nSPS) is 11.1. The maximum absolute atomic E-state index is 13.5. The second kappa shape index (κ2) is 10.2. The molecule has 0 aliphatic rings. The lowest BCUT2D eigenvalue weighted by molar-refractivity contribution is -0.115. The highest BCUT2D eigenvalue weighted by Gasteiger charge is 2.16. The fourth-order valence-electron chi connectivity index (χ4n) is 2.27. The van der Waals surface area contributed by atoms with Crippen molar-refractivity contribution in [1.82, 2.24) is 5.32 Å². The predicted molar refractivity (Wildman–Crippen MR) is 113 cm³/mol. The van der Waals surface area contributed by atoms with E-state index in [1.165, 1.54) is 18.2 Å². The van der Waals surface area contributed by atoms with Crippen LogP contribution in [0.1, 0.15) is 26.3 Å². The van der Waals surface area contributed by atoms with Gasteiger partial charge in [-0.1, -0.05) is 18.2 Å². The minimum Gasteiger partial charge on any atom is -0.444 e. The summed E-state index contributed by atoms with van der Waals surface area (Å²) in [5.41, 5.74) is 0.658. The van der Waals surface area contributed by atoms with Gasteiger partial charge in [-0.15, -0.1) is 0 Å². The molecule has 2 rings (SSSR count). The highest BCUT2D eigenvalue weighted by Crippen LogP contribution is 2.14. The van der Waals surface area contributed by atoms with Crippen molar-refractivity contribution in [2.24, 2.45) is 0 Å². The third-order valence-electron chi connectivity index (χ3n) is 3.55. The molecule has 3 N–H and O–H groups in total. The van der Waals surface area contributed by atoms with Crippen LogP contribution < -0.4 is 16.0 Å². The van der Waals surface area contributed by atoms with E-state index in [1.54, 1.807) is 63.2 Å². The van der Waals surface area contributed by atoms with Crippen LogP contribution in [-0.4, -0.2) is 30.1 Å². The fraction of sp³-hybridized carbons (Fsp3) is 0.227. The summed E-state index contributed by atoms with van der Waals surface area (Å²) in [6.45, 7) is 4.93. The summed E-state index contributed by atoms with van der Waals surface area (Å²) < 4.78 is 18.6. The van der Waals surface area contributed by atoms with Gasteiger partial charge in [-0.3, -0.25) is 9.59 Å². The molecular weight excluding hydrogens is 389 g/mol. The molecule has 0 aliphatic carbocycles. The Morgan fingerprint density at radius 2 is 1.57 bits per heavy atom. The van der Waals surface area contributed by atoms with Gasteiger partial charge in [0.25, 0.3) is 0 Å². The molecule has 7 nitrogen and oxygen atoms in total. The van der Waals surface area contributed by atoms with Crippen molar-refractivity contribution in [2.75, 3.05) is 17.2 Å². The number of halogens is 1. The monoisotopic (exact) mass is 413 g/mol. The fourth-order valence-corrected chi connectivity index (χ4v) is 2.27. The van der Waals surface area contributed by atoms with Gasteiger partial charge in [-0.2, -0.15) is 0 Å². The number of benzene rings is 2. The molecule has 3 amide bonds. The number of carbonyl (C=O) groups excluding carboxylic acids is 3. The standard InChI is InChI=1S/C22H24FN3O4/c1-22(2,3)30-21(29)24-14-20(28)26-17-11-9-16(10-12-17)25-19(27)13-8-15-6-4-5-7-18(15)23/h4-13H,14H2,1-3H3,(H,24,29)(H,25,27)(H,26,28)/b13-8+. The lowest BCUT2D eigenvalue weighted by Crippen LogP contribution is -2.37. The first-order valence-corrected chi connectivity index (χ1v) is 9.23. The Bertz CT molecular complexity index is 934. The smallest absolute Gasteiger partial charge is 0.408 e. The lowest BCUT2D eigenvalue weighted by Gasteiger charge is -2.19. The molecule has 0 atom stereocenters. The Kier molecular flexibility index (Phi) is 7.69. The number of nitrogens with one attached hydrogen (secondary N) is 3. The molecule has 0 heterocycles. The number of anilines is 2. The second-order valence-corrected chi connectivity index (χ2v) is 7.33. The SMILES string of the molecule is CC(C)(C)OC(=O)NCC(=O)Nc1ccc(NC(=O)/C=C/c2ccccc2F)cc1. The molecule has 8 heteroatoms. The number of amides is 3. The van der Waals surface area contributed by atoms with Crippen molar-refractivity contribution in [3.8, 4) is 0 Å². The molecule has 158 valence electrons. The molecule has 2 aromatic rings. The van der Waals surface area contributed by atoms with Gasteiger partial charge < -0.3 is 20.7 Å². The highest BCUT2D eigenvalue weighted by molar-refractivity contribution is 6.02. The molecule has 0 spiro atoms. The maximum atomic E-state index is 13.5. The Morgan fingerprint density at radius 3 is 2.17 bits per heavy atom. The number of alkyl carbamates (subject to hydrolysis) is 1. The number of rotatable bonds is 6. The van der Waals surface area contributed by atoms with Crippen LogP contribution in [0.15, 0.2) is 54.6 Å². The largest absolute Gasteiger partial charge is 0.444 e. The minimum atomic E-state index is -0.681. The summed E-state index contributed by atoms with van der Waals surface area (Å²) in [6, 6.07) is 12.5. The average Bonchev–Trinajstić information content (AvgIpc) is 2.66. The van der Waals surface area contributed by atoms with Crippen LogP contribution in [0, 0.1) is 5.82 Å². The van der Waals surface area contributed by atoms with Crippen LogP contribution >= 0.6 is 0 Å². The third kappa shape index (κ3) is 8.14. The van der Waals surface area contributed by atoms with E-state index < -0.39 is 29.3 Å². The summed E-state index contributed by atoms with van der Waals surface area (Å²) in [5, 5.41) is 7.62. The molecular formula is C22H24FN3O4. The van der Waals surface area contributed by atoms with Gasteiger partial charge in [0.2, 0.25) is 11.8 Å². The first-order valence-electron chi connectivity index (χ1n) is 9.23. The summed E-state index contributed by atoms with van der Waals surface area (Å²) in [7, 11) is 0. The topological polar surface area (TPSA) is 96.5 Å². The Morgan fingerprint density at radius 1 is 0.967 bits per heavy atom. The maximum Gasteiger partial charge on any atom is 0.408 e. The second-order valence-electron chi connectivity index (χ2n) is 7.33. The minimum absolute atomic E-state index is 0.242. The summed E-state index contributed by atoms with van der Waals surface area (Å²) in [4.78, 5) is 35.4. The van der Waals surface area contributed by atoms with Gasteiger partial charge in [0.15, 0.2) is 0 Å². The number of hydrogen-bond acceptors (Lipinski definition) is 4.